The SMILES string of the molecule is Cc1ccc2c(c1)SC(C(=O)Nc1ccc3c(c1)S(=O)(=O)NC3)C2. The van der Waals surface area contributed by atoms with Crippen LogP contribution in [0.5, 0.6) is 0 Å². The van der Waals surface area contributed by atoms with Gasteiger partial charge >= 0.3 is 0 Å². The first kappa shape index (κ1) is 15.7. The van der Waals surface area contributed by atoms with E-state index in [1.165, 1.54) is 17.2 Å². The first-order valence-corrected chi connectivity index (χ1v) is 9.98. The molecule has 0 fully saturated rings. The maximum absolute atomic E-state index is 12.5. The lowest BCUT2D eigenvalue weighted by Crippen LogP contribution is -2.24. The van der Waals surface area contributed by atoms with Crippen molar-refractivity contribution in [1.29, 1.82) is 0 Å². The number of hydrogen-bond acceptors (Lipinski definition) is 4. The maximum Gasteiger partial charge on any atom is 0.241 e. The number of carbonyl (C=O) groups is 1. The highest BCUT2D eigenvalue weighted by molar-refractivity contribution is 8.01. The average molecular weight is 360 g/mol. The van der Waals surface area contributed by atoms with Gasteiger partial charge in [-0.15, -0.1) is 11.8 Å². The fourth-order valence-electron chi connectivity index (χ4n) is 2.98. The van der Waals surface area contributed by atoms with Gasteiger partial charge in [-0.3, -0.25) is 4.79 Å². The minimum absolute atomic E-state index is 0.0999. The molecule has 0 aromatic heterocycles. The van der Waals surface area contributed by atoms with E-state index in [-0.39, 0.29) is 16.1 Å². The molecule has 2 aliphatic heterocycles. The molecule has 1 amide bonds. The molecule has 24 heavy (non-hydrogen) atoms. The molecular weight excluding hydrogens is 344 g/mol. The third kappa shape index (κ3) is 2.72. The Morgan fingerprint density at radius 3 is 2.83 bits per heavy atom. The summed E-state index contributed by atoms with van der Waals surface area (Å²) >= 11 is 1.56. The van der Waals surface area contributed by atoms with Crippen molar-refractivity contribution in [2.24, 2.45) is 0 Å². The normalized spacial score (nSPS) is 20.5. The zero-order chi connectivity index (χ0) is 16.9. The zero-order valence-corrected chi connectivity index (χ0v) is 14.6. The molecule has 2 aromatic carbocycles. The van der Waals surface area contributed by atoms with E-state index >= 15 is 0 Å². The molecule has 0 aliphatic carbocycles. The summed E-state index contributed by atoms with van der Waals surface area (Å²) in [7, 11) is -3.44. The monoisotopic (exact) mass is 360 g/mol. The zero-order valence-electron chi connectivity index (χ0n) is 13.0. The smallest absolute Gasteiger partial charge is 0.241 e. The highest BCUT2D eigenvalue weighted by Gasteiger charge is 2.29. The highest BCUT2D eigenvalue weighted by atomic mass is 32.2. The number of amides is 1. The molecule has 0 bridgehead atoms. The van der Waals surface area contributed by atoms with Crippen molar-refractivity contribution in [3.05, 3.63) is 53.1 Å². The van der Waals surface area contributed by atoms with E-state index in [1.54, 1.807) is 23.9 Å². The lowest BCUT2D eigenvalue weighted by Gasteiger charge is -2.10. The van der Waals surface area contributed by atoms with Crippen molar-refractivity contribution in [3.8, 4) is 0 Å². The number of nitrogens with one attached hydrogen (secondary N) is 2. The molecule has 4 rings (SSSR count). The van der Waals surface area contributed by atoms with Crippen LogP contribution < -0.4 is 10.0 Å². The van der Waals surface area contributed by atoms with Crippen molar-refractivity contribution in [2.75, 3.05) is 5.32 Å². The third-order valence-electron chi connectivity index (χ3n) is 4.27. The Morgan fingerprint density at radius 2 is 2.00 bits per heavy atom. The van der Waals surface area contributed by atoms with Crippen LogP contribution in [-0.2, 0) is 27.8 Å². The Balaban J connectivity index is 1.52. The van der Waals surface area contributed by atoms with Gasteiger partial charge in [-0.1, -0.05) is 23.8 Å². The molecule has 1 unspecified atom stereocenters. The summed E-state index contributed by atoms with van der Waals surface area (Å²) in [6.45, 7) is 2.34. The van der Waals surface area contributed by atoms with Gasteiger partial charge in [0.2, 0.25) is 15.9 Å². The fraction of sp³-hybridized carbons (Fsp3) is 0.235. The van der Waals surface area contributed by atoms with Crippen LogP contribution in [0.3, 0.4) is 0 Å². The van der Waals surface area contributed by atoms with Crippen LogP contribution in [0, 0.1) is 6.92 Å². The molecule has 5 nitrogen and oxygen atoms in total. The molecule has 124 valence electrons. The van der Waals surface area contributed by atoms with Gasteiger partial charge in [0, 0.05) is 17.1 Å². The van der Waals surface area contributed by atoms with Crippen molar-refractivity contribution < 1.29 is 13.2 Å². The number of fused-ring (bicyclic) bond motifs is 2. The summed E-state index contributed by atoms with van der Waals surface area (Å²) in [6.07, 6.45) is 0.691. The van der Waals surface area contributed by atoms with E-state index < -0.39 is 10.0 Å². The van der Waals surface area contributed by atoms with Crippen molar-refractivity contribution in [3.63, 3.8) is 0 Å². The predicted molar refractivity (Wildman–Crippen MR) is 93.6 cm³/mol. The van der Waals surface area contributed by atoms with Crippen LogP contribution in [0.15, 0.2) is 46.2 Å². The first-order chi connectivity index (χ1) is 11.4. The Hall–Kier alpha value is -1.83. The number of aryl methyl sites for hydroxylation is 1. The molecule has 2 N–H and O–H groups in total. The minimum atomic E-state index is -3.44. The lowest BCUT2D eigenvalue weighted by molar-refractivity contribution is -0.115. The Morgan fingerprint density at radius 1 is 1.21 bits per heavy atom. The van der Waals surface area contributed by atoms with Gasteiger partial charge in [0.1, 0.15) is 0 Å². The Bertz CT molecular complexity index is 954. The second-order valence-electron chi connectivity index (χ2n) is 6.06. The van der Waals surface area contributed by atoms with Gasteiger partial charge in [-0.25, -0.2) is 13.1 Å². The summed E-state index contributed by atoms with van der Waals surface area (Å²) in [5.74, 6) is -0.0999. The van der Waals surface area contributed by atoms with Gasteiger partial charge in [-0.2, -0.15) is 0 Å². The summed E-state index contributed by atoms with van der Waals surface area (Å²) < 4.78 is 26.3. The Labute approximate surface area is 144 Å². The number of sulfonamides is 1. The number of rotatable bonds is 2. The number of carbonyl (C=O) groups excluding carboxylic acids is 1. The van der Waals surface area contributed by atoms with E-state index in [0.717, 1.165) is 10.5 Å². The van der Waals surface area contributed by atoms with Crippen LogP contribution in [0.1, 0.15) is 16.7 Å². The average Bonchev–Trinajstić information content (AvgIpc) is 3.08. The van der Waals surface area contributed by atoms with E-state index in [4.69, 9.17) is 0 Å². The molecule has 0 saturated heterocycles. The van der Waals surface area contributed by atoms with Crippen LogP contribution >= 0.6 is 11.8 Å². The standard InChI is InChI=1S/C17H16N2O3S2/c1-10-2-3-11-7-15(23-14(11)6-10)17(20)19-13-5-4-12-9-18-24(21,22)16(12)8-13/h2-6,8,15,18H,7,9H2,1H3,(H,19,20). The number of anilines is 1. The quantitative estimate of drug-likeness (QED) is 0.863. The summed E-state index contributed by atoms with van der Waals surface area (Å²) in [5.41, 5.74) is 3.61. The first-order valence-electron chi connectivity index (χ1n) is 7.62. The topological polar surface area (TPSA) is 75.3 Å². The maximum atomic E-state index is 12.5. The van der Waals surface area contributed by atoms with Crippen LogP contribution in [0.25, 0.3) is 0 Å². The predicted octanol–water partition coefficient (Wildman–Crippen LogP) is 2.44. The third-order valence-corrected chi connectivity index (χ3v) is 7.05. The molecule has 7 heteroatoms. The van der Waals surface area contributed by atoms with E-state index in [1.807, 2.05) is 6.92 Å². The number of benzene rings is 2. The number of hydrogen-bond donors (Lipinski definition) is 2. The highest BCUT2D eigenvalue weighted by Crippen LogP contribution is 2.38. The Kier molecular flexibility index (Phi) is 3.67. The molecule has 2 aliphatic rings. The molecular formula is C17H16N2O3S2. The molecule has 0 saturated carbocycles. The second kappa shape index (κ2) is 5.61. The largest absolute Gasteiger partial charge is 0.325 e. The minimum Gasteiger partial charge on any atom is -0.325 e. The van der Waals surface area contributed by atoms with Gasteiger partial charge < -0.3 is 5.32 Å². The second-order valence-corrected chi connectivity index (χ2v) is 9.04. The van der Waals surface area contributed by atoms with Crippen molar-refractivity contribution >= 4 is 33.4 Å². The summed E-state index contributed by atoms with van der Waals surface area (Å²) in [4.78, 5) is 13.9. The molecule has 1 atom stereocenters. The van der Waals surface area contributed by atoms with E-state index in [2.05, 4.69) is 28.2 Å². The van der Waals surface area contributed by atoms with Crippen LogP contribution in [-0.4, -0.2) is 19.6 Å². The van der Waals surface area contributed by atoms with Crippen LogP contribution in [0.4, 0.5) is 5.69 Å². The summed E-state index contributed by atoms with van der Waals surface area (Å²) in [5, 5.41) is 2.66. The summed E-state index contributed by atoms with van der Waals surface area (Å²) in [6, 6.07) is 11.2. The van der Waals surface area contributed by atoms with Gasteiger partial charge in [0.25, 0.3) is 0 Å². The van der Waals surface area contributed by atoms with Gasteiger partial charge in [-0.05, 0) is 42.7 Å². The van der Waals surface area contributed by atoms with E-state index in [0.29, 0.717) is 18.7 Å². The molecule has 0 radical (unpaired) electrons. The van der Waals surface area contributed by atoms with Crippen molar-refractivity contribution in [2.45, 2.75) is 34.9 Å². The van der Waals surface area contributed by atoms with E-state index in [9.17, 15) is 13.2 Å². The van der Waals surface area contributed by atoms with Crippen molar-refractivity contribution in [1.82, 2.24) is 4.72 Å². The lowest BCUT2D eigenvalue weighted by atomic mass is 10.1. The van der Waals surface area contributed by atoms with Crippen LogP contribution in [0.2, 0.25) is 0 Å². The van der Waals surface area contributed by atoms with Gasteiger partial charge in [0.15, 0.2) is 0 Å². The molecule has 2 aromatic rings. The molecule has 2 heterocycles. The van der Waals surface area contributed by atoms with Gasteiger partial charge in [0.05, 0.1) is 10.1 Å². The molecule has 0 spiro atoms. The fourth-order valence-corrected chi connectivity index (χ4v) is 5.54. The number of thioether (sulfide) groups is 1.